The van der Waals surface area contributed by atoms with E-state index < -0.39 is 11.9 Å². The first-order valence-corrected chi connectivity index (χ1v) is 6.96. The molecule has 0 aliphatic rings. The molecular weight excluding hydrogens is 369 g/mol. The monoisotopic (exact) mass is 381 g/mol. The van der Waals surface area contributed by atoms with Gasteiger partial charge in [0.1, 0.15) is 0 Å². The highest BCUT2D eigenvalue weighted by molar-refractivity contribution is 14.1. The van der Waals surface area contributed by atoms with Gasteiger partial charge in [0, 0.05) is 9.26 Å². The molecule has 0 heterocycles. The van der Waals surface area contributed by atoms with Crippen LogP contribution in [-0.4, -0.2) is 17.0 Å². The first kappa shape index (κ1) is 14.5. The van der Waals surface area contributed by atoms with Crippen LogP contribution in [-0.2, 0) is 0 Å². The van der Waals surface area contributed by atoms with Crippen LogP contribution in [0.3, 0.4) is 0 Å². The van der Waals surface area contributed by atoms with Crippen molar-refractivity contribution >= 4 is 40.2 Å². The van der Waals surface area contributed by atoms with Crippen molar-refractivity contribution in [3.63, 3.8) is 0 Å². The van der Waals surface area contributed by atoms with Gasteiger partial charge in [-0.3, -0.25) is 4.79 Å². The SMILES string of the molecule is Cc1ccc(NC(=O)c2ccccc2C(=O)O)cc1I. The number of amides is 1. The fraction of sp³-hybridized carbons (Fsp3) is 0.0667. The molecule has 102 valence electrons. The Morgan fingerprint density at radius 1 is 1.10 bits per heavy atom. The molecule has 0 atom stereocenters. The van der Waals surface area contributed by atoms with E-state index in [1.165, 1.54) is 12.1 Å². The standard InChI is InChI=1S/C15H12INO3/c1-9-6-7-10(8-13(9)16)17-14(18)11-4-2-3-5-12(11)15(19)20/h2-8H,1H3,(H,17,18)(H,19,20). The van der Waals surface area contributed by atoms with Gasteiger partial charge in [-0.15, -0.1) is 0 Å². The summed E-state index contributed by atoms with van der Waals surface area (Å²) in [7, 11) is 0. The van der Waals surface area contributed by atoms with Gasteiger partial charge in [0.25, 0.3) is 5.91 Å². The topological polar surface area (TPSA) is 66.4 Å². The van der Waals surface area contributed by atoms with E-state index in [-0.39, 0.29) is 11.1 Å². The maximum atomic E-state index is 12.2. The molecule has 1 amide bonds. The van der Waals surface area contributed by atoms with Crippen molar-refractivity contribution in [2.45, 2.75) is 6.92 Å². The zero-order valence-electron chi connectivity index (χ0n) is 10.7. The van der Waals surface area contributed by atoms with Crippen LogP contribution < -0.4 is 5.32 Å². The number of carboxylic acid groups (broad SMARTS) is 1. The number of benzene rings is 2. The van der Waals surface area contributed by atoms with Crippen LogP contribution >= 0.6 is 22.6 Å². The molecule has 5 heteroatoms. The number of hydrogen-bond acceptors (Lipinski definition) is 2. The van der Waals surface area contributed by atoms with Crippen molar-refractivity contribution in [3.05, 3.63) is 62.7 Å². The normalized spacial score (nSPS) is 10.1. The van der Waals surface area contributed by atoms with Gasteiger partial charge in [0.05, 0.1) is 11.1 Å². The number of carboxylic acids is 1. The molecule has 2 aromatic rings. The molecule has 0 saturated carbocycles. The Bertz CT molecular complexity index is 683. The van der Waals surface area contributed by atoms with Gasteiger partial charge in [0.15, 0.2) is 0 Å². The largest absolute Gasteiger partial charge is 0.478 e. The Hall–Kier alpha value is -1.89. The smallest absolute Gasteiger partial charge is 0.336 e. The van der Waals surface area contributed by atoms with Crippen LogP contribution in [0, 0.1) is 10.5 Å². The molecule has 0 fully saturated rings. The molecule has 0 aromatic heterocycles. The summed E-state index contributed by atoms with van der Waals surface area (Å²) in [5, 5.41) is 11.8. The van der Waals surface area contributed by atoms with E-state index in [4.69, 9.17) is 5.11 Å². The second-order valence-corrected chi connectivity index (χ2v) is 5.43. The van der Waals surface area contributed by atoms with Gasteiger partial charge in [-0.1, -0.05) is 18.2 Å². The van der Waals surface area contributed by atoms with Crippen molar-refractivity contribution < 1.29 is 14.7 Å². The lowest BCUT2D eigenvalue weighted by Crippen LogP contribution is -2.16. The number of carbonyl (C=O) groups is 2. The van der Waals surface area contributed by atoms with Gasteiger partial charge >= 0.3 is 5.97 Å². The number of halogens is 1. The number of hydrogen-bond donors (Lipinski definition) is 2. The minimum Gasteiger partial charge on any atom is -0.478 e. The van der Waals surface area contributed by atoms with Crippen LogP contribution in [0.1, 0.15) is 26.3 Å². The van der Waals surface area contributed by atoms with Gasteiger partial charge in [-0.05, 0) is 59.3 Å². The highest BCUT2D eigenvalue weighted by Crippen LogP contribution is 2.18. The Balaban J connectivity index is 2.28. The van der Waals surface area contributed by atoms with Crippen LogP contribution in [0.25, 0.3) is 0 Å². The van der Waals surface area contributed by atoms with Gasteiger partial charge in [0.2, 0.25) is 0 Å². The lowest BCUT2D eigenvalue weighted by atomic mass is 10.1. The maximum Gasteiger partial charge on any atom is 0.336 e. The first-order valence-electron chi connectivity index (χ1n) is 5.89. The van der Waals surface area contributed by atoms with Crippen molar-refractivity contribution in [3.8, 4) is 0 Å². The highest BCUT2D eigenvalue weighted by atomic mass is 127. The average Bonchev–Trinajstić information content (AvgIpc) is 2.43. The minimum atomic E-state index is -1.12. The van der Waals surface area contributed by atoms with Gasteiger partial charge < -0.3 is 10.4 Å². The molecule has 0 bridgehead atoms. The van der Waals surface area contributed by atoms with E-state index in [0.717, 1.165) is 9.13 Å². The van der Waals surface area contributed by atoms with E-state index in [0.29, 0.717) is 5.69 Å². The summed E-state index contributed by atoms with van der Waals surface area (Å²) >= 11 is 2.18. The molecule has 2 N–H and O–H groups in total. The summed E-state index contributed by atoms with van der Waals surface area (Å²) < 4.78 is 1.03. The molecule has 2 aromatic carbocycles. The lowest BCUT2D eigenvalue weighted by molar-refractivity contribution is 0.0692. The Morgan fingerprint density at radius 3 is 2.35 bits per heavy atom. The third-order valence-electron chi connectivity index (χ3n) is 2.83. The van der Waals surface area contributed by atoms with Crippen LogP contribution in [0.15, 0.2) is 42.5 Å². The maximum absolute atomic E-state index is 12.2. The summed E-state index contributed by atoms with van der Waals surface area (Å²) in [6.07, 6.45) is 0. The number of nitrogens with one attached hydrogen (secondary N) is 1. The third kappa shape index (κ3) is 3.16. The zero-order chi connectivity index (χ0) is 14.7. The Kier molecular flexibility index (Phi) is 4.39. The zero-order valence-corrected chi connectivity index (χ0v) is 12.8. The van der Waals surface area contributed by atoms with Crippen molar-refractivity contribution in [1.82, 2.24) is 0 Å². The van der Waals surface area contributed by atoms with Crippen molar-refractivity contribution in [2.24, 2.45) is 0 Å². The fourth-order valence-corrected chi connectivity index (χ4v) is 2.25. The van der Waals surface area contributed by atoms with Crippen LogP contribution in [0.4, 0.5) is 5.69 Å². The number of anilines is 1. The van der Waals surface area contributed by atoms with E-state index in [2.05, 4.69) is 27.9 Å². The van der Waals surface area contributed by atoms with E-state index in [1.54, 1.807) is 18.2 Å². The molecule has 20 heavy (non-hydrogen) atoms. The number of carbonyl (C=O) groups excluding carboxylic acids is 1. The van der Waals surface area contributed by atoms with Crippen molar-refractivity contribution in [2.75, 3.05) is 5.32 Å². The quantitative estimate of drug-likeness (QED) is 0.800. The fourth-order valence-electron chi connectivity index (χ4n) is 1.74. The van der Waals surface area contributed by atoms with E-state index in [1.807, 2.05) is 19.1 Å². The summed E-state index contributed by atoms with van der Waals surface area (Å²) in [4.78, 5) is 23.3. The average molecular weight is 381 g/mol. The lowest BCUT2D eigenvalue weighted by Gasteiger charge is -2.09. The Morgan fingerprint density at radius 2 is 1.75 bits per heavy atom. The van der Waals surface area contributed by atoms with Gasteiger partial charge in [-0.2, -0.15) is 0 Å². The molecule has 0 aliphatic heterocycles. The predicted molar refractivity (Wildman–Crippen MR) is 85.3 cm³/mol. The summed E-state index contributed by atoms with van der Waals surface area (Å²) in [5.74, 6) is -1.54. The number of aromatic carboxylic acids is 1. The molecule has 2 rings (SSSR count). The number of rotatable bonds is 3. The third-order valence-corrected chi connectivity index (χ3v) is 3.99. The predicted octanol–water partition coefficient (Wildman–Crippen LogP) is 3.55. The number of aryl methyl sites for hydroxylation is 1. The molecule has 0 saturated heterocycles. The van der Waals surface area contributed by atoms with Crippen LogP contribution in [0.2, 0.25) is 0 Å². The molecule has 0 spiro atoms. The second kappa shape index (κ2) is 6.04. The molecule has 4 nitrogen and oxygen atoms in total. The van der Waals surface area contributed by atoms with E-state index in [9.17, 15) is 9.59 Å². The molecule has 0 radical (unpaired) electrons. The summed E-state index contributed by atoms with van der Waals surface area (Å²) in [6, 6.07) is 11.7. The van der Waals surface area contributed by atoms with E-state index >= 15 is 0 Å². The summed E-state index contributed by atoms with van der Waals surface area (Å²) in [5.41, 5.74) is 1.90. The van der Waals surface area contributed by atoms with Crippen LogP contribution in [0.5, 0.6) is 0 Å². The molecule has 0 aliphatic carbocycles. The highest BCUT2D eigenvalue weighted by Gasteiger charge is 2.15. The first-order chi connectivity index (χ1) is 9.49. The second-order valence-electron chi connectivity index (χ2n) is 4.27. The summed E-state index contributed by atoms with van der Waals surface area (Å²) in [6.45, 7) is 1.98. The van der Waals surface area contributed by atoms with Gasteiger partial charge in [-0.25, -0.2) is 4.79 Å². The minimum absolute atomic E-state index is 0.00758. The van der Waals surface area contributed by atoms with Crippen molar-refractivity contribution in [1.29, 1.82) is 0 Å². The molecular formula is C15H12INO3. The Labute approximate surface area is 130 Å². The molecule has 0 unspecified atom stereocenters.